The summed E-state index contributed by atoms with van der Waals surface area (Å²) in [6, 6.07) is 8.22. The van der Waals surface area contributed by atoms with E-state index in [1.165, 1.54) is 5.56 Å². The van der Waals surface area contributed by atoms with Crippen LogP contribution < -0.4 is 10.5 Å². The minimum absolute atomic E-state index is 0.0439. The van der Waals surface area contributed by atoms with Crippen molar-refractivity contribution in [2.24, 2.45) is 0 Å². The lowest BCUT2D eigenvalue weighted by atomic mass is 9.86. The summed E-state index contributed by atoms with van der Waals surface area (Å²) in [5.41, 5.74) is 2.36. The monoisotopic (exact) mass is 234 g/mol. The lowest BCUT2D eigenvalue weighted by Gasteiger charge is -2.18. The van der Waals surface area contributed by atoms with Crippen molar-refractivity contribution in [3.8, 4) is 0 Å². The number of aryl methyl sites for hydroxylation is 1. The Morgan fingerprint density at radius 3 is 3.00 bits per heavy atom. The summed E-state index contributed by atoms with van der Waals surface area (Å²) in [7, 11) is -0.536. The largest absolute Gasteiger partial charge is 0.437 e. The van der Waals surface area contributed by atoms with Gasteiger partial charge in [-0.05, 0) is 31.3 Å². The molecule has 0 saturated carbocycles. The van der Waals surface area contributed by atoms with Crippen molar-refractivity contribution in [3.63, 3.8) is 0 Å². The number of hydrogen-bond acceptors (Lipinski definition) is 3. The zero-order valence-corrected chi connectivity index (χ0v) is 10.1. The van der Waals surface area contributed by atoms with Crippen LogP contribution in [-0.2, 0) is 6.42 Å². The maximum Gasteiger partial charge on any atom is 0.374 e. The molecule has 0 radical (unpaired) electrons. The second-order valence-corrected chi connectivity index (χ2v) is 4.52. The number of anilines is 1. The number of rotatable bonds is 2. The minimum Gasteiger partial charge on any atom is -0.437 e. The van der Waals surface area contributed by atoms with Crippen LogP contribution in [-0.4, -0.2) is 23.1 Å². The highest BCUT2D eigenvalue weighted by molar-refractivity contribution is 7.80. The summed E-state index contributed by atoms with van der Waals surface area (Å²) < 4.78 is 0. The van der Waals surface area contributed by atoms with E-state index in [2.05, 4.69) is 16.6 Å². The maximum absolute atomic E-state index is 9.33. The Morgan fingerprint density at radius 2 is 2.25 bits per heavy atom. The molecule has 1 aliphatic rings. The van der Waals surface area contributed by atoms with E-state index in [1.807, 2.05) is 18.2 Å². The fraction of sp³-hybridized carbons (Fsp3) is 0.364. The van der Waals surface area contributed by atoms with Gasteiger partial charge in [-0.2, -0.15) is 0 Å². The first-order valence-electron chi connectivity index (χ1n) is 5.49. The number of thiocarbonyl (C=S) groups is 1. The molecule has 5 heteroatoms. The van der Waals surface area contributed by atoms with Gasteiger partial charge in [-0.3, -0.25) is 0 Å². The number of nitrogens with one attached hydrogen (secondary N) is 2. The van der Waals surface area contributed by atoms with Gasteiger partial charge in [0.15, 0.2) is 0 Å². The molecule has 3 nitrogen and oxygen atoms in total. The van der Waals surface area contributed by atoms with E-state index in [1.54, 1.807) is 6.82 Å². The number of fused-ring (bicyclic) bond motifs is 1. The third kappa shape index (κ3) is 2.61. The Hall–Kier alpha value is -0.905. The van der Waals surface area contributed by atoms with E-state index in [4.69, 9.17) is 12.2 Å². The van der Waals surface area contributed by atoms with E-state index in [9.17, 15) is 5.02 Å². The van der Waals surface area contributed by atoms with Gasteiger partial charge in [0.25, 0.3) is 0 Å². The highest BCUT2D eigenvalue weighted by Crippen LogP contribution is 2.21. The van der Waals surface area contributed by atoms with E-state index in [0.717, 1.165) is 23.5 Å². The fourth-order valence-corrected chi connectivity index (χ4v) is 2.26. The predicted octanol–water partition coefficient (Wildman–Crippen LogP) is 1.44. The molecule has 1 aliphatic heterocycles. The van der Waals surface area contributed by atoms with Gasteiger partial charge in [0.2, 0.25) is 0 Å². The third-order valence-electron chi connectivity index (χ3n) is 2.74. The average molecular weight is 234 g/mol. The molecule has 0 spiro atoms. The topological polar surface area (TPSA) is 44.3 Å². The molecule has 0 fully saturated rings. The first kappa shape index (κ1) is 11.6. The fourth-order valence-electron chi connectivity index (χ4n) is 1.96. The van der Waals surface area contributed by atoms with Gasteiger partial charge in [0, 0.05) is 5.69 Å². The average Bonchev–Trinajstić information content (AvgIpc) is 2.39. The SMILES string of the molecule is CB(O)N[C@H]1CCc2ccccc2NC1=S. The molecule has 2 rings (SSSR count). The third-order valence-corrected chi connectivity index (χ3v) is 3.12. The van der Waals surface area contributed by atoms with Crippen LogP contribution in [0.4, 0.5) is 5.69 Å². The van der Waals surface area contributed by atoms with Crippen LogP contribution in [0, 0.1) is 0 Å². The molecule has 84 valence electrons. The first-order valence-corrected chi connectivity index (χ1v) is 5.90. The van der Waals surface area contributed by atoms with Crippen LogP contribution in [0.25, 0.3) is 0 Å². The Kier molecular flexibility index (Phi) is 3.58. The van der Waals surface area contributed by atoms with Crippen molar-refractivity contribution in [1.82, 2.24) is 5.23 Å². The van der Waals surface area contributed by atoms with Crippen molar-refractivity contribution in [2.45, 2.75) is 25.7 Å². The summed E-state index contributed by atoms with van der Waals surface area (Å²) in [4.78, 5) is 0.755. The van der Waals surface area contributed by atoms with Crippen LogP contribution >= 0.6 is 12.2 Å². The second kappa shape index (κ2) is 4.95. The van der Waals surface area contributed by atoms with Gasteiger partial charge in [-0.1, -0.05) is 30.4 Å². The van der Waals surface area contributed by atoms with Crippen LogP contribution in [0.5, 0.6) is 0 Å². The molecule has 0 unspecified atom stereocenters. The molecule has 0 amide bonds. The summed E-state index contributed by atoms with van der Waals surface area (Å²) in [5.74, 6) is 0. The van der Waals surface area contributed by atoms with Gasteiger partial charge < -0.3 is 15.6 Å². The van der Waals surface area contributed by atoms with E-state index >= 15 is 0 Å². The maximum atomic E-state index is 9.33. The van der Waals surface area contributed by atoms with Crippen molar-refractivity contribution >= 4 is 29.9 Å². The van der Waals surface area contributed by atoms with Crippen molar-refractivity contribution in [2.75, 3.05) is 5.32 Å². The van der Waals surface area contributed by atoms with Gasteiger partial charge in [-0.25, -0.2) is 0 Å². The summed E-state index contributed by atoms with van der Waals surface area (Å²) in [5, 5.41) is 15.6. The Balaban J connectivity index is 2.15. The van der Waals surface area contributed by atoms with Crippen LogP contribution in [0.2, 0.25) is 6.82 Å². The molecule has 1 atom stereocenters. The molecule has 0 bridgehead atoms. The molecule has 0 aromatic heterocycles. The molecule has 16 heavy (non-hydrogen) atoms. The van der Waals surface area contributed by atoms with Gasteiger partial charge in [-0.15, -0.1) is 0 Å². The zero-order valence-electron chi connectivity index (χ0n) is 9.23. The highest BCUT2D eigenvalue weighted by atomic mass is 32.1. The molecular weight excluding hydrogens is 219 g/mol. The molecular formula is C11H15BN2OS. The van der Waals surface area contributed by atoms with Crippen molar-refractivity contribution < 1.29 is 5.02 Å². The molecule has 1 aromatic carbocycles. The Labute approximate surface area is 101 Å². The normalized spacial score (nSPS) is 19.6. The lowest BCUT2D eigenvalue weighted by molar-refractivity contribution is 0.539. The standard InChI is InChI=1S/C11H15BN2OS/c1-12(15)14-10-7-6-8-4-2-3-5-9(8)13-11(10)16/h2-5,10,14-15H,6-7H2,1H3,(H,13,16)/t10-/m0/s1. The van der Waals surface area contributed by atoms with E-state index in [-0.39, 0.29) is 6.04 Å². The van der Waals surface area contributed by atoms with E-state index in [0.29, 0.717) is 0 Å². The zero-order chi connectivity index (χ0) is 11.5. The molecule has 0 aliphatic carbocycles. The van der Waals surface area contributed by atoms with Crippen LogP contribution in [0.3, 0.4) is 0 Å². The van der Waals surface area contributed by atoms with Gasteiger partial charge in [0.1, 0.15) is 0 Å². The summed E-state index contributed by atoms with van der Waals surface area (Å²) in [6.45, 7) is 1.71. The van der Waals surface area contributed by atoms with Crippen molar-refractivity contribution in [3.05, 3.63) is 29.8 Å². The summed E-state index contributed by atoms with van der Waals surface area (Å²) >= 11 is 5.32. The Bertz CT molecular complexity index is 397. The minimum atomic E-state index is -0.536. The first-order chi connectivity index (χ1) is 7.66. The smallest absolute Gasteiger partial charge is 0.374 e. The van der Waals surface area contributed by atoms with Gasteiger partial charge in [0.05, 0.1) is 11.0 Å². The molecule has 1 aromatic rings. The number of hydrogen-bond donors (Lipinski definition) is 3. The quantitative estimate of drug-likeness (QED) is 0.535. The highest BCUT2D eigenvalue weighted by Gasteiger charge is 2.21. The Morgan fingerprint density at radius 1 is 1.50 bits per heavy atom. The number of benzene rings is 1. The molecule has 1 heterocycles. The molecule has 3 N–H and O–H groups in total. The summed E-state index contributed by atoms with van der Waals surface area (Å²) in [6.07, 6.45) is 1.88. The van der Waals surface area contributed by atoms with E-state index < -0.39 is 7.05 Å². The predicted molar refractivity (Wildman–Crippen MR) is 71.7 cm³/mol. The van der Waals surface area contributed by atoms with Crippen LogP contribution in [0.15, 0.2) is 24.3 Å². The number of para-hydroxylation sites is 1. The second-order valence-electron chi connectivity index (χ2n) is 4.08. The van der Waals surface area contributed by atoms with Gasteiger partial charge >= 0.3 is 7.05 Å². The molecule has 0 saturated heterocycles. The van der Waals surface area contributed by atoms with Crippen molar-refractivity contribution in [1.29, 1.82) is 0 Å². The van der Waals surface area contributed by atoms with Crippen LogP contribution in [0.1, 0.15) is 12.0 Å². The lowest BCUT2D eigenvalue weighted by Crippen LogP contribution is -2.45.